The van der Waals surface area contributed by atoms with Gasteiger partial charge in [0.2, 0.25) is 11.7 Å². The molecule has 1 saturated carbocycles. The van der Waals surface area contributed by atoms with Gasteiger partial charge in [0.15, 0.2) is 0 Å². The lowest BCUT2D eigenvalue weighted by Crippen LogP contribution is -2.17. The summed E-state index contributed by atoms with van der Waals surface area (Å²) in [4.78, 5) is 4.51. The highest BCUT2D eigenvalue weighted by molar-refractivity contribution is 7.08. The van der Waals surface area contributed by atoms with Crippen LogP contribution in [-0.4, -0.2) is 16.7 Å². The third-order valence-corrected chi connectivity index (χ3v) is 4.18. The van der Waals surface area contributed by atoms with Crippen molar-refractivity contribution in [2.24, 2.45) is 11.7 Å². The first-order valence-electron chi connectivity index (χ1n) is 5.94. The van der Waals surface area contributed by atoms with Gasteiger partial charge in [0.1, 0.15) is 0 Å². The molecule has 0 aromatic carbocycles. The predicted octanol–water partition coefficient (Wildman–Crippen LogP) is 2.64. The van der Waals surface area contributed by atoms with Crippen molar-refractivity contribution in [2.75, 3.05) is 6.54 Å². The minimum absolute atomic E-state index is 0.361. The number of rotatable bonds is 3. The molecule has 2 heterocycles. The lowest BCUT2D eigenvalue weighted by molar-refractivity contribution is 0.326. The van der Waals surface area contributed by atoms with E-state index in [2.05, 4.69) is 10.1 Å². The van der Waals surface area contributed by atoms with Crippen molar-refractivity contribution >= 4 is 11.3 Å². The minimum atomic E-state index is 0.361. The molecular formula is C12H15N3OS. The molecule has 0 amide bonds. The van der Waals surface area contributed by atoms with Gasteiger partial charge >= 0.3 is 0 Å². The zero-order valence-electron chi connectivity index (χ0n) is 9.50. The monoisotopic (exact) mass is 249 g/mol. The Morgan fingerprint density at radius 1 is 1.47 bits per heavy atom. The average molecular weight is 249 g/mol. The molecule has 0 saturated heterocycles. The summed E-state index contributed by atoms with van der Waals surface area (Å²) in [5.41, 5.74) is 6.81. The fourth-order valence-electron chi connectivity index (χ4n) is 2.54. The van der Waals surface area contributed by atoms with E-state index in [-0.39, 0.29) is 0 Å². The third kappa shape index (κ3) is 2.00. The number of hydrogen-bond acceptors (Lipinski definition) is 5. The van der Waals surface area contributed by atoms with Gasteiger partial charge in [-0.05, 0) is 36.8 Å². The molecule has 3 rings (SSSR count). The van der Waals surface area contributed by atoms with Crippen LogP contribution in [0.25, 0.3) is 11.4 Å². The van der Waals surface area contributed by atoms with Gasteiger partial charge in [0.25, 0.3) is 0 Å². The molecule has 1 fully saturated rings. The standard InChI is InChI=1S/C12H15N3OS/c13-6-8-2-1-3-10(8)12-14-11(15-16-12)9-4-5-17-7-9/h4-5,7-8,10H,1-3,6,13H2. The van der Waals surface area contributed by atoms with Crippen LogP contribution >= 0.6 is 11.3 Å². The maximum absolute atomic E-state index is 5.77. The summed E-state index contributed by atoms with van der Waals surface area (Å²) in [6.45, 7) is 0.709. The van der Waals surface area contributed by atoms with Crippen molar-refractivity contribution in [1.82, 2.24) is 10.1 Å². The van der Waals surface area contributed by atoms with E-state index in [1.54, 1.807) is 11.3 Å². The Morgan fingerprint density at radius 2 is 2.41 bits per heavy atom. The van der Waals surface area contributed by atoms with Crippen molar-refractivity contribution in [2.45, 2.75) is 25.2 Å². The predicted molar refractivity (Wildman–Crippen MR) is 66.7 cm³/mol. The fourth-order valence-corrected chi connectivity index (χ4v) is 3.17. The molecular weight excluding hydrogens is 234 g/mol. The summed E-state index contributed by atoms with van der Waals surface area (Å²) in [7, 11) is 0. The number of aromatic nitrogens is 2. The van der Waals surface area contributed by atoms with E-state index < -0.39 is 0 Å². The van der Waals surface area contributed by atoms with E-state index in [0.29, 0.717) is 24.2 Å². The zero-order chi connectivity index (χ0) is 11.7. The van der Waals surface area contributed by atoms with Crippen LogP contribution in [0.1, 0.15) is 31.1 Å². The van der Waals surface area contributed by atoms with Crippen molar-refractivity contribution in [3.63, 3.8) is 0 Å². The molecule has 2 aromatic rings. The quantitative estimate of drug-likeness (QED) is 0.908. The van der Waals surface area contributed by atoms with E-state index in [9.17, 15) is 0 Å². The SMILES string of the molecule is NCC1CCCC1c1nc(-c2ccsc2)no1. The first-order valence-corrected chi connectivity index (χ1v) is 6.89. The van der Waals surface area contributed by atoms with E-state index in [1.165, 1.54) is 12.8 Å². The van der Waals surface area contributed by atoms with E-state index in [4.69, 9.17) is 10.3 Å². The second kappa shape index (κ2) is 4.58. The van der Waals surface area contributed by atoms with Crippen molar-refractivity contribution in [3.05, 3.63) is 22.7 Å². The molecule has 90 valence electrons. The van der Waals surface area contributed by atoms with Crippen molar-refractivity contribution in [1.29, 1.82) is 0 Å². The van der Waals surface area contributed by atoms with Gasteiger partial charge in [-0.15, -0.1) is 0 Å². The molecule has 0 spiro atoms. The first kappa shape index (κ1) is 10.9. The highest BCUT2D eigenvalue weighted by Crippen LogP contribution is 2.38. The summed E-state index contributed by atoms with van der Waals surface area (Å²) in [5, 5.41) is 8.10. The van der Waals surface area contributed by atoms with E-state index in [1.807, 2.05) is 16.8 Å². The summed E-state index contributed by atoms with van der Waals surface area (Å²) in [6.07, 6.45) is 3.51. The number of nitrogens with two attached hydrogens (primary N) is 1. The second-order valence-electron chi connectivity index (χ2n) is 4.50. The van der Waals surface area contributed by atoms with Gasteiger partial charge in [-0.2, -0.15) is 16.3 Å². The first-order chi connectivity index (χ1) is 8.38. The molecule has 1 aliphatic rings. The van der Waals surface area contributed by atoms with Gasteiger partial charge in [-0.25, -0.2) is 0 Å². The molecule has 0 aliphatic heterocycles. The fraction of sp³-hybridized carbons (Fsp3) is 0.500. The number of thiophene rings is 1. The maximum atomic E-state index is 5.77. The normalized spacial score (nSPS) is 24.3. The molecule has 1 aliphatic carbocycles. The number of nitrogens with zero attached hydrogens (tertiary/aromatic N) is 2. The molecule has 5 heteroatoms. The molecule has 17 heavy (non-hydrogen) atoms. The van der Waals surface area contributed by atoms with Gasteiger partial charge in [0.05, 0.1) is 0 Å². The summed E-state index contributed by atoms with van der Waals surface area (Å²) in [5.74, 6) is 2.33. The topological polar surface area (TPSA) is 64.9 Å². The van der Waals surface area contributed by atoms with E-state index in [0.717, 1.165) is 17.9 Å². The van der Waals surface area contributed by atoms with Crippen molar-refractivity contribution < 1.29 is 4.52 Å². The maximum Gasteiger partial charge on any atom is 0.230 e. The smallest absolute Gasteiger partial charge is 0.230 e. The lowest BCUT2D eigenvalue weighted by Gasteiger charge is -2.12. The Bertz CT molecular complexity index is 480. The lowest BCUT2D eigenvalue weighted by atomic mass is 9.96. The molecule has 0 bridgehead atoms. The van der Waals surface area contributed by atoms with Crippen LogP contribution in [0.5, 0.6) is 0 Å². The van der Waals surface area contributed by atoms with Crippen LogP contribution < -0.4 is 5.73 Å². The minimum Gasteiger partial charge on any atom is -0.339 e. The summed E-state index contributed by atoms with van der Waals surface area (Å²) >= 11 is 1.64. The Labute approximate surface area is 104 Å². The second-order valence-corrected chi connectivity index (χ2v) is 5.28. The number of hydrogen-bond donors (Lipinski definition) is 1. The van der Waals surface area contributed by atoms with Crippen LogP contribution in [-0.2, 0) is 0 Å². The Morgan fingerprint density at radius 3 is 3.18 bits per heavy atom. The molecule has 0 radical (unpaired) electrons. The van der Waals surface area contributed by atoms with Crippen LogP contribution in [0.2, 0.25) is 0 Å². The summed E-state index contributed by atoms with van der Waals surface area (Å²) in [6, 6.07) is 2.01. The van der Waals surface area contributed by atoms with Crippen LogP contribution in [0, 0.1) is 5.92 Å². The third-order valence-electron chi connectivity index (χ3n) is 3.50. The van der Waals surface area contributed by atoms with Crippen LogP contribution in [0.3, 0.4) is 0 Å². The van der Waals surface area contributed by atoms with Gasteiger partial charge in [0, 0.05) is 16.9 Å². The molecule has 2 unspecified atom stereocenters. The van der Waals surface area contributed by atoms with Gasteiger partial charge < -0.3 is 10.3 Å². The highest BCUT2D eigenvalue weighted by Gasteiger charge is 2.31. The zero-order valence-corrected chi connectivity index (χ0v) is 10.3. The van der Waals surface area contributed by atoms with Crippen LogP contribution in [0.4, 0.5) is 0 Å². The van der Waals surface area contributed by atoms with E-state index >= 15 is 0 Å². The molecule has 4 nitrogen and oxygen atoms in total. The molecule has 2 N–H and O–H groups in total. The van der Waals surface area contributed by atoms with Gasteiger partial charge in [-0.3, -0.25) is 0 Å². The molecule has 2 atom stereocenters. The Hall–Kier alpha value is -1.20. The van der Waals surface area contributed by atoms with Crippen LogP contribution in [0.15, 0.2) is 21.3 Å². The Balaban J connectivity index is 1.85. The largest absolute Gasteiger partial charge is 0.339 e. The molecule has 2 aromatic heterocycles. The summed E-state index contributed by atoms with van der Waals surface area (Å²) < 4.78 is 5.39. The average Bonchev–Trinajstić information content (AvgIpc) is 3.09. The van der Waals surface area contributed by atoms with Crippen molar-refractivity contribution in [3.8, 4) is 11.4 Å². The Kier molecular flexibility index (Phi) is 2.94. The highest BCUT2D eigenvalue weighted by atomic mass is 32.1. The van der Waals surface area contributed by atoms with Gasteiger partial charge in [-0.1, -0.05) is 11.6 Å².